The van der Waals surface area contributed by atoms with Gasteiger partial charge in [-0.2, -0.15) is 0 Å². The Morgan fingerprint density at radius 1 is 1.50 bits per heavy atom. The predicted octanol–water partition coefficient (Wildman–Crippen LogP) is 2.95. The molecule has 3 nitrogen and oxygen atoms in total. The summed E-state index contributed by atoms with van der Waals surface area (Å²) >= 11 is 0. The zero-order chi connectivity index (χ0) is 12.1. The average Bonchev–Trinajstić information content (AvgIpc) is 2.24. The van der Waals surface area contributed by atoms with Crippen LogP contribution in [0.1, 0.15) is 32.3 Å². The minimum atomic E-state index is 0.0582. The summed E-state index contributed by atoms with van der Waals surface area (Å²) in [5.74, 6) is 0.133. The number of nitrogen functional groups attached to an aromatic ring is 1. The number of aryl methyl sites for hydroxylation is 1. The molecule has 0 unspecified atom stereocenters. The minimum Gasteiger partial charge on any atom is -0.399 e. The SMILES string of the molecule is CCC[C@@H](C)C(=O)Nc1ccc(N)c(C)c1. The summed E-state index contributed by atoms with van der Waals surface area (Å²) in [7, 11) is 0. The van der Waals surface area contributed by atoms with Crippen LogP contribution in [0.5, 0.6) is 0 Å². The standard InChI is InChI=1S/C13H20N2O/c1-4-5-9(2)13(16)15-11-6-7-12(14)10(3)8-11/h6-9H,4-5,14H2,1-3H3,(H,15,16)/t9-/m1/s1. The molecule has 1 atom stereocenters. The summed E-state index contributed by atoms with van der Waals surface area (Å²) in [4.78, 5) is 11.8. The smallest absolute Gasteiger partial charge is 0.227 e. The molecule has 0 saturated carbocycles. The van der Waals surface area contributed by atoms with E-state index in [-0.39, 0.29) is 11.8 Å². The highest BCUT2D eigenvalue weighted by molar-refractivity contribution is 5.92. The number of rotatable bonds is 4. The maximum Gasteiger partial charge on any atom is 0.227 e. The molecule has 0 bridgehead atoms. The first kappa shape index (κ1) is 12.6. The average molecular weight is 220 g/mol. The number of hydrogen-bond acceptors (Lipinski definition) is 2. The van der Waals surface area contributed by atoms with Crippen LogP contribution in [-0.2, 0) is 4.79 Å². The van der Waals surface area contributed by atoms with Crippen LogP contribution in [0.2, 0.25) is 0 Å². The van der Waals surface area contributed by atoms with Gasteiger partial charge in [-0.05, 0) is 37.1 Å². The summed E-state index contributed by atoms with van der Waals surface area (Å²) in [5, 5.41) is 2.90. The second kappa shape index (κ2) is 5.54. The number of carbonyl (C=O) groups excluding carboxylic acids is 1. The third-order valence-corrected chi connectivity index (χ3v) is 2.71. The molecule has 0 heterocycles. The Labute approximate surface area is 97.0 Å². The molecule has 16 heavy (non-hydrogen) atoms. The maximum absolute atomic E-state index is 11.8. The van der Waals surface area contributed by atoms with Crippen LogP contribution in [0.3, 0.4) is 0 Å². The zero-order valence-corrected chi connectivity index (χ0v) is 10.2. The summed E-state index contributed by atoms with van der Waals surface area (Å²) in [5.41, 5.74) is 8.27. The van der Waals surface area contributed by atoms with Crippen LogP contribution in [0.25, 0.3) is 0 Å². The van der Waals surface area contributed by atoms with Crippen molar-refractivity contribution in [3.63, 3.8) is 0 Å². The first-order chi connectivity index (χ1) is 7.54. The van der Waals surface area contributed by atoms with Crippen molar-refractivity contribution in [2.75, 3.05) is 11.1 Å². The van der Waals surface area contributed by atoms with E-state index in [9.17, 15) is 4.79 Å². The van der Waals surface area contributed by atoms with Crippen molar-refractivity contribution in [1.29, 1.82) is 0 Å². The Morgan fingerprint density at radius 3 is 2.75 bits per heavy atom. The monoisotopic (exact) mass is 220 g/mol. The Kier molecular flexibility index (Phi) is 4.35. The van der Waals surface area contributed by atoms with Gasteiger partial charge in [0.05, 0.1) is 0 Å². The van der Waals surface area contributed by atoms with Gasteiger partial charge in [-0.1, -0.05) is 20.3 Å². The molecular formula is C13H20N2O. The van der Waals surface area contributed by atoms with E-state index in [0.29, 0.717) is 0 Å². The van der Waals surface area contributed by atoms with Crippen molar-refractivity contribution in [3.8, 4) is 0 Å². The largest absolute Gasteiger partial charge is 0.399 e. The van der Waals surface area contributed by atoms with E-state index in [1.54, 1.807) is 0 Å². The summed E-state index contributed by atoms with van der Waals surface area (Å²) < 4.78 is 0. The van der Waals surface area contributed by atoms with E-state index in [1.807, 2.05) is 32.0 Å². The number of nitrogens with two attached hydrogens (primary N) is 1. The molecule has 0 aliphatic rings. The number of carbonyl (C=O) groups is 1. The van der Waals surface area contributed by atoms with Gasteiger partial charge in [-0.3, -0.25) is 4.79 Å². The summed E-state index contributed by atoms with van der Waals surface area (Å²) in [6.07, 6.45) is 1.94. The second-order valence-electron chi connectivity index (χ2n) is 4.25. The predicted molar refractivity (Wildman–Crippen MR) is 68.3 cm³/mol. The van der Waals surface area contributed by atoms with Crippen molar-refractivity contribution in [2.24, 2.45) is 5.92 Å². The lowest BCUT2D eigenvalue weighted by Gasteiger charge is -2.12. The molecule has 0 radical (unpaired) electrons. The molecule has 88 valence electrons. The molecule has 0 spiro atoms. The van der Waals surface area contributed by atoms with Crippen molar-refractivity contribution in [1.82, 2.24) is 0 Å². The van der Waals surface area contributed by atoms with Crippen LogP contribution in [0.4, 0.5) is 11.4 Å². The van der Waals surface area contributed by atoms with Gasteiger partial charge in [0.1, 0.15) is 0 Å². The first-order valence-corrected chi connectivity index (χ1v) is 5.71. The van der Waals surface area contributed by atoms with E-state index >= 15 is 0 Å². The topological polar surface area (TPSA) is 55.1 Å². The van der Waals surface area contributed by atoms with Crippen molar-refractivity contribution in [3.05, 3.63) is 23.8 Å². The van der Waals surface area contributed by atoms with E-state index in [1.165, 1.54) is 0 Å². The molecule has 0 aromatic heterocycles. The Bertz CT molecular complexity index is 374. The van der Waals surface area contributed by atoms with Crippen LogP contribution >= 0.6 is 0 Å². The Balaban J connectivity index is 2.66. The van der Waals surface area contributed by atoms with E-state index in [2.05, 4.69) is 12.2 Å². The third kappa shape index (κ3) is 3.26. The van der Waals surface area contributed by atoms with Gasteiger partial charge in [0, 0.05) is 17.3 Å². The van der Waals surface area contributed by atoms with Gasteiger partial charge in [0.15, 0.2) is 0 Å². The second-order valence-corrected chi connectivity index (χ2v) is 4.25. The molecule has 0 aliphatic heterocycles. The summed E-state index contributed by atoms with van der Waals surface area (Å²) in [6, 6.07) is 5.54. The highest BCUT2D eigenvalue weighted by Gasteiger charge is 2.11. The number of anilines is 2. The fourth-order valence-electron chi connectivity index (χ4n) is 1.58. The van der Waals surface area contributed by atoms with Gasteiger partial charge >= 0.3 is 0 Å². The number of benzene rings is 1. The zero-order valence-electron chi connectivity index (χ0n) is 10.2. The van der Waals surface area contributed by atoms with Gasteiger partial charge in [-0.15, -0.1) is 0 Å². The van der Waals surface area contributed by atoms with Gasteiger partial charge < -0.3 is 11.1 Å². The highest BCUT2D eigenvalue weighted by atomic mass is 16.1. The molecule has 1 aromatic rings. The fourth-order valence-corrected chi connectivity index (χ4v) is 1.58. The molecule has 1 rings (SSSR count). The fraction of sp³-hybridized carbons (Fsp3) is 0.462. The maximum atomic E-state index is 11.8. The molecule has 3 N–H and O–H groups in total. The van der Waals surface area contributed by atoms with E-state index < -0.39 is 0 Å². The Morgan fingerprint density at radius 2 is 2.19 bits per heavy atom. The van der Waals surface area contributed by atoms with Crippen LogP contribution in [0.15, 0.2) is 18.2 Å². The van der Waals surface area contributed by atoms with Crippen molar-refractivity contribution >= 4 is 17.3 Å². The highest BCUT2D eigenvalue weighted by Crippen LogP contribution is 2.17. The lowest BCUT2D eigenvalue weighted by molar-refractivity contribution is -0.119. The quantitative estimate of drug-likeness (QED) is 0.766. The molecule has 1 aromatic carbocycles. The molecular weight excluding hydrogens is 200 g/mol. The van der Waals surface area contributed by atoms with Gasteiger partial charge in [-0.25, -0.2) is 0 Å². The molecule has 3 heteroatoms. The number of amides is 1. The Hall–Kier alpha value is -1.51. The molecule has 1 amide bonds. The van der Waals surface area contributed by atoms with Gasteiger partial charge in [0.2, 0.25) is 5.91 Å². The van der Waals surface area contributed by atoms with Crippen LogP contribution in [0, 0.1) is 12.8 Å². The van der Waals surface area contributed by atoms with Gasteiger partial charge in [0.25, 0.3) is 0 Å². The molecule has 0 saturated heterocycles. The lowest BCUT2D eigenvalue weighted by Crippen LogP contribution is -2.20. The van der Waals surface area contributed by atoms with Crippen LogP contribution < -0.4 is 11.1 Å². The molecule has 0 aliphatic carbocycles. The minimum absolute atomic E-state index is 0.0582. The third-order valence-electron chi connectivity index (χ3n) is 2.71. The van der Waals surface area contributed by atoms with E-state index in [0.717, 1.165) is 29.8 Å². The first-order valence-electron chi connectivity index (χ1n) is 5.71. The number of hydrogen-bond donors (Lipinski definition) is 2. The van der Waals surface area contributed by atoms with Crippen molar-refractivity contribution < 1.29 is 4.79 Å². The normalized spacial score (nSPS) is 12.2. The van der Waals surface area contributed by atoms with E-state index in [4.69, 9.17) is 5.73 Å². The number of nitrogens with one attached hydrogen (secondary N) is 1. The lowest BCUT2D eigenvalue weighted by atomic mass is 10.1. The van der Waals surface area contributed by atoms with Crippen molar-refractivity contribution in [2.45, 2.75) is 33.6 Å². The van der Waals surface area contributed by atoms with Crippen LogP contribution in [-0.4, -0.2) is 5.91 Å². The summed E-state index contributed by atoms with van der Waals surface area (Å²) in [6.45, 7) is 5.96. The molecule has 0 fully saturated rings.